The molecule has 0 spiro atoms. The molecule has 15 heavy (non-hydrogen) atoms. The van der Waals surface area contributed by atoms with Gasteiger partial charge >= 0.3 is 5.97 Å². The van der Waals surface area contributed by atoms with Gasteiger partial charge in [0.05, 0.1) is 11.7 Å². The first-order valence-corrected chi connectivity index (χ1v) is 6.54. The predicted molar refractivity (Wildman–Crippen MR) is 59.9 cm³/mol. The third-order valence-corrected chi connectivity index (χ3v) is 3.21. The molecule has 5 heteroatoms. The summed E-state index contributed by atoms with van der Waals surface area (Å²) in [5.41, 5.74) is 0. The molecule has 1 amide bonds. The zero-order valence-electron chi connectivity index (χ0n) is 8.86. The van der Waals surface area contributed by atoms with Crippen LogP contribution in [0.4, 0.5) is 0 Å². The van der Waals surface area contributed by atoms with Crippen LogP contribution >= 0.6 is 11.8 Å². The van der Waals surface area contributed by atoms with Crippen molar-refractivity contribution in [2.45, 2.75) is 31.7 Å². The highest BCUT2D eigenvalue weighted by Crippen LogP contribution is 2.24. The van der Waals surface area contributed by atoms with Crippen molar-refractivity contribution in [3.63, 3.8) is 0 Å². The van der Waals surface area contributed by atoms with Crippen LogP contribution in [0.15, 0.2) is 0 Å². The van der Waals surface area contributed by atoms with Crippen LogP contribution in [0, 0.1) is 5.92 Å². The molecule has 2 N–H and O–H groups in total. The molecule has 4 nitrogen and oxygen atoms in total. The molecule has 0 heterocycles. The standard InChI is InChI=1S/C10H17NO3S/c1-15-6-9(12)11-8-4-2-3-7(5-8)10(13)14/h7-8H,2-6H2,1H3,(H,11,12)(H,13,14). The number of carbonyl (C=O) groups is 2. The maximum Gasteiger partial charge on any atom is 0.306 e. The van der Waals surface area contributed by atoms with Crippen LogP contribution in [-0.2, 0) is 9.59 Å². The third-order valence-electron chi connectivity index (χ3n) is 2.66. The summed E-state index contributed by atoms with van der Waals surface area (Å²) < 4.78 is 0. The Kier molecular flexibility index (Phi) is 4.94. The van der Waals surface area contributed by atoms with Crippen LogP contribution in [0.25, 0.3) is 0 Å². The van der Waals surface area contributed by atoms with Gasteiger partial charge in [0.1, 0.15) is 0 Å². The molecular formula is C10H17NO3S. The highest BCUT2D eigenvalue weighted by Gasteiger charge is 2.27. The summed E-state index contributed by atoms with van der Waals surface area (Å²) in [6.07, 6.45) is 4.99. The summed E-state index contributed by atoms with van der Waals surface area (Å²) in [7, 11) is 0. The van der Waals surface area contributed by atoms with E-state index in [4.69, 9.17) is 5.11 Å². The largest absolute Gasteiger partial charge is 0.481 e. The molecular weight excluding hydrogens is 214 g/mol. The molecule has 0 aromatic carbocycles. The second kappa shape index (κ2) is 6.00. The number of carbonyl (C=O) groups excluding carboxylic acids is 1. The van der Waals surface area contributed by atoms with Gasteiger partial charge in [0.2, 0.25) is 5.91 Å². The summed E-state index contributed by atoms with van der Waals surface area (Å²) in [5, 5.41) is 11.8. The number of nitrogens with one attached hydrogen (secondary N) is 1. The molecule has 0 aliphatic heterocycles. The van der Waals surface area contributed by atoms with E-state index in [9.17, 15) is 9.59 Å². The second-order valence-corrected chi connectivity index (χ2v) is 4.77. The Morgan fingerprint density at radius 1 is 1.47 bits per heavy atom. The van der Waals surface area contributed by atoms with E-state index in [1.54, 1.807) is 0 Å². The van der Waals surface area contributed by atoms with E-state index in [1.807, 2.05) is 6.26 Å². The fourth-order valence-corrected chi connectivity index (χ4v) is 2.29. The van der Waals surface area contributed by atoms with E-state index in [1.165, 1.54) is 11.8 Å². The van der Waals surface area contributed by atoms with Crippen LogP contribution < -0.4 is 5.32 Å². The van der Waals surface area contributed by atoms with Crippen LogP contribution in [0.2, 0.25) is 0 Å². The van der Waals surface area contributed by atoms with Crippen molar-refractivity contribution in [1.82, 2.24) is 5.32 Å². The molecule has 0 radical (unpaired) electrons. The monoisotopic (exact) mass is 231 g/mol. The Balaban J connectivity index is 2.36. The zero-order valence-corrected chi connectivity index (χ0v) is 9.68. The highest BCUT2D eigenvalue weighted by molar-refractivity contribution is 7.99. The van der Waals surface area contributed by atoms with Crippen LogP contribution in [0.1, 0.15) is 25.7 Å². The van der Waals surface area contributed by atoms with Crippen molar-refractivity contribution < 1.29 is 14.7 Å². The Bertz CT molecular complexity index is 245. The van der Waals surface area contributed by atoms with Crippen LogP contribution in [0.5, 0.6) is 0 Å². The fraction of sp³-hybridized carbons (Fsp3) is 0.800. The lowest BCUT2D eigenvalue weighted by molar-refractivity contribution is -0.143. The Morgan fingerprint density at radius 3 is 2.80 bits per heavy atom. The summed E-state index contributed by atoms with van der Waals surface area (Å²) >= 11 is 1.48. The zero-order chi connectivity index (χ0) is 11.3. The molecule has 1 fully saturated rings. The van der Waals surface area contributed by atoms with E-state index in [0.29, 0.717) is 12.2 Å². The first kappa shape index (κ1) is 12.4. The number of amides is 1. The number of carboxylic acid groups (broad SMARTS) is 1. The van der Waals surface area contributed by atoms with Crippen molar-refractivity contribution in [3.8, 4) is 0 Å². The Labute approximate surface area is 93.8 Å². The molecule has 2 atom stereocenters. The minimum atomic E-state index is -0.737. The van der Waals surface area contributed by atoms with E-state index in [-0.39, 0.29) is 17.9 Å². The summed E-state index contributed by atoms with van der Waals surface area (Å²) in [6, 6.07) is 0.0551. The molecule has 1 saturated carbocycles. The lowest BCUT2D eigenvalue weighted by Gasteiger charge is -2.27. The normalized spacial score (nSPS) is 25.9. The molecule has 1 aliphatic carbocycles. The number of thioether (sulfide) groups is 1. The second-order valence-electron chi connectivity index (χ2n) is 3.90. The minimum Gasteiger partial charge on any atom is -0.481 e. The van der Waals surface area contributed by atoms with Gasteiger partial charge in [-0.15, -0.1) is 0 Å². The number of hydrogen-bond donors (Lipinski definition) is 2. The van der Waals surface area contributed by atoms with Crippen molar-refractivity contribution in [2.75, 3.05) is 12.0 Å². The molecule has 1 rings (SSSR count). The van der Waals surface area contributed by atoms with Crippen molar-refractivity contribution in [2.24, 2.45) is 5.92 Å². The maximum atomic E-state index is 11.3. The number of aliphatic carboxylic acids is 1. The van der Waals surface area contributed by atoms with Gasteiger partial charge in [0.15, 0.2) is 0 Å². The summed E-state index contributed by atoms with van der Waals surface area (Å²) in [5.74, 6) is -0.551. The molecule has 2 unspecified atom stereocenters. The van der Waals surface area contributed by atoms with Gasteiger partial charge in [-0.25, -0.2) is 0 Å². The average molecular weight is 231 g/mol. The van der Waals surface area contributed by atoms with Crippen molar-refractivity contribution in [3.05, 3.63) is 0 Å². The molecule has 0 aromatic heterocycles. The maximum absolute atomic E-state index is 11.3. The van der Waals surface area contributed by atoms with Gasteiger partial charge in [-0.2, -0.15) is 11.8 Å². The number of hydrogen-bond acceptors (Lipinski definition) is 3. The SMILES string of the molecule is CSCC(=O)NC1CCCC(C(=O)O)C1. The van der Waals surface area contributed by atoms with Crippen LogP contribution in [0.3, 0.4) is 0 Å². The number of rotatable bonds is 4. The van der Waals surface area contributed by atoms with E-state index in [2.05, 4.69) is 5.32 Å². The lowest BCUT2D eigenvalue weighted by atomic mass is 9.86. The van der Waals surface area contributed by atoms with E-state index in [0.717, 1.165) is 19.3 Å². The minimum absolute atomic E-state index is 0.0125. The molecule has 1 aliphatic rings. The highest BCUT2D eigenvalue weighted by atomic mass is 32.2. The van der Waals surface area contributed by atoms with Gasteiger partial charge in [-0.3, -0.25) is 9.59 Å². The van der Waals surface area contributed by atoms with E-state index >= 15 is 0 Å². The van der Waals surface area contributed by atoms with Crippen molar-refractivity contribution in [1.29, 1.82) is 0 Å². The average Bonchev–Trinajstić information content (AvgIpc) is 2.18. The lowest BCUT2D eigenvalue weighted by Crippen LogP contribution is -2.40. The van der Waals surface area contributed by atoms with Gasteiger partial charge in [0, 0.05) is 6.04 Å². The molecule has 0 saturated heterocycles. The van der Waals surface area contributed by atoms with Crippen LogP contribution in [-0.4, -0.2) is 35.0 Å². The fourth-order valence-electron chi connectivity index (χ4n) is 1.95. The first-order chi connectivity index (χ1) is 7.13. The smallest absolute Gasteiger partial charge is 0.306 e. The quantitative estimate of drug-likeness (QED) is 0.760. The Morgan fingerprint density at radius 2 is 2.20 bits per heavy atom. The van der Waals surface area contributed by atoms with E-state index < -0.39 is 5.97 Å². The summed E-state index contributed by atoms with van der Waals surface area (Å²) in [4.78, 5) is 22.1. The van der Waals surface area contributed by atoms with Crippen molar-refractivity contribution >= 4 is 23.6 Å². The summed E-state index contributed by atoms with van der Waals surface area (Å²) in [6.45, 7) is 0. The van der Waals surface area contributed by atoms with Gasteiger partial charge in [0.25, 0.3) is 0 Å². The van der Waals surface area contributed by atoms with Gasteiger partial charge in [-0.05, 0) is 25.5 Å². The first-order valence-electron chi connectivity index (χ1n) is 5.14. The third kappa shape index (κ3) is 4.11. The predicted octanol–water partition coefficient (Wildman–Crippen LogP) is 1.11. The molecule has 86 valence electrons. The number of carboxylic acids is 1. The topological polar surface area (TPSA) is 66.4 Å². The van der Waals surface area contributed by atoms with Gasteiger partial charge in [-0.1, -0.05) is 6.42 Å². The molecule has 0 bridgehead atoms. The molecule has 0 aromatic rings. The van der Waals surface area contributed by atoms with Gasteiger partial charge < -0.3 is 10.4 Å². The Hall–Kier alpha value is -0.710.